The second kappa shape index (κ2) is 5.25. The van der Waals surface area contributed by atoms with Crippen LogP contribution in [-0.2, 0) is 9.59 Å². The molecule has 3 rings (SSSR count). The summed E-state index contributed by atoms with van der Waals surface area (Å²) in [6.45, 7) is 0.947. The van der Waals surface area contributed by atoms with Crippen LogP contribution < -0.4 is 0 Å². The lowest BCUT2D eigenvalue weighted by atomic mass is 10.1. The summed E-state index contributed by atoms with van der Waals surface area (Å²) in [6.07, 6.45) is 0.876. The average Bonchev–Trinajstić information content (AvgIpc) is 2.95. The fraction of sp³-hybridized carbons (Fsp3) is 0.467. The monoisotopic (exact) mass is 274 g/mol. The van der Waals surface area contributed by atoms with E-state index in [0.717, 1.165) is 18.4 Å². The van der Waals surface area contributed by atoms with Gasteiger partial charge in [-0.15, -0.1) is 0 Å². The first-order valence-electron chi connectivity index (χ1n) is 6.98. The Hall–Kier alpha value is -1.88. The van der Waals surface area contributed by atoms with Crippen molar-refractivity contribution in [3.05, 3.63) is 35.9 Å². The van der Waals surface area contributed by atoms with Gasteiger partial charge in [0.15, 0.2) is 0 Å². The number of aliphatic hydroxyl groups is 1. The zero-order chi connectivity index (χ0) is 14.1. The van der Waals surface area contributed by atoms with Gasteiger partial charge in [0.1, 0.15) is 6.04 Å². The van der Waals surface area contributed by atoms with Gasteiger partial charge in [0.25, 0.3) is 0 Å². The highest BCUT2D eigenvalue weighted by molar-refractivity contribution is 5.95. The van der Waals surface area contributed by atoms with Crippen molar-refractivity contribution in [2.75, 3.05) is 19.6 Å². The molecule has 1 aromatic rings. The third-order valence-corrected chi connectivity index (χ3v) is 4.07. The lowest BCUT2D eigenvalue weighted by Crippen LogP contribution is -2.58. The molecule has 1 N–H and O–H groups in total. The third kappa shape index (κ3) is 2.29. The van der Waals surface area contributed by atoms with E-state index in [9.17, 15) is 14.7 Å². The topological polar surface area (TPSA) is 60.9 Å². The van der Waals surface area contributed by atoms with E-state index in [0.29, 0.717) is 6.54 Å². The standard InChI is InChI=1S/C15H18N2O3/c18-13(11-5-2-1-3-6-11)9-16-10-14(19)17-8-4-7-12(17)15(16)20/h1-3,5-6,12-13,18H,4,7-10H2. The first-order chi connectivity index (χ1) is 9.66. The number of amides is 2. The molecule has 0 radical (unpaired) electrons. The second-order valence-corrected chi connectivity index (χ2v) is 5.39. The van der Waals surface area contributed by atoms with E-state index in [1.807, 2.05) is 30.3 Å². The predicted octanol–water partition coefficient (Wildman–Crippen LogP) is 0.553. The van der Waals surface area contributed by atoms with Crippen LogP contribution in [0.5, 0.6) is 0 Å². The first kappa shape index (κ1) is 13.1. The number of carbonyl (C=O) groups is 2. The lowest BCUT2D eigenvalue weighted by Gasteiger charge is -2.37. The van der Waals surface area contributed by atoms with E-state index in [4.69, 9.17) is 0 Å². The summed E-state index contributed by atoms with van der Waals surface area (Å²) < 4.78 is 0. The van der Waals surface area contributed by atoms with Crippen molar-refractivity contribution in [1.29, 1.82) is 0 Å². The summed E-state index contributed by atoms with van der Waals surface area (Å²) in [7, 11) is 0. The van der Waals surface area contributed by atoms with Crippen LogP contribution in [0.2, 0.25) is 0 Å². The number of hydrogen-bond acceptors (Lipinski definition) is 3. The number of β-amino-alcohol motifs (C(OH)–C–C–N with tert-alkyl or cyclic N) is 1. The summed E-state index contributed by atoms with van der Waals surface area (Å²) in [5.74, 6) is -0.0376. The van der Waals surface area contributed by atoms with Crippen molar-refractivity contribution >= 4 is 11.8 Å². The predicted molar refractivity (Wildman–Crippen MR) is 72.7 cm³/mol. The van der Waals surface area contributed by atoms with E-state index in [1.165, 1.54) is 4.90 Å². The quantitative estimate of drug-likeness (QED) is 0.876. The molecule has 0 bridgehead atoms. The highest BCUT2D eigenvalue weighted by Crippen LogP contribution is 2.25. The summed E-state index contributed by atoms with van der Waals surface area (Å²) in [5, 5.41) is 10.2. The Kier molecular flexibility index (Phi) is 3.44. The maximum atomic E-state index is 12.3. The molecule has 0 saturated carbocycles. The Bertz CT molecular complexity index is 517. The van der Waals surface area contributed by atoms with Gasteiger partial charge in [0, 0.05) is 6.54 Å². The smallest absolute Gasteiger partial charge is 0.245 e. The lowest BCUT2D eigenvalue weighted by molar-refractivity contribution is -0.154. The largest absolute Gasteiger partial charge is 0.387 e. The molecular weight excluding hydrogens is 256 g/mol. The van der Waals surface area contributed by atoms with Gasteiger partial charge in [-0.25, -0.2) is 0 Å². The fourth-order valence-corrected chi connectivity index (χ4v) is 3.01. The van der Waals surface area contributed by atoms with Crippen LogP contribution in [-0.4, -0.2) is 52.4 Å². The number of nitrogens with zero attached hydrogens (tertiary/aromatic N) is 2. The summed E-state index contributed by atoms with van der Waals surface area (Å²) in [6, 6.07) is 8.91. The van der Waals surface area contributed by atoms with E-state index < -0.39 is 6.10 Å². The molecule has 20 heavy (non-hydrogen) atoms. The number of benzene rings is 1. The minimum Gasteiger partial charge on any atom is -0.387 e. The molecule has 2 atom stereocenters. The summed E-state index contributed by atoms with van der Waals surface area (Å²) in [5.41, 5.74) is 0.765. The van der Waals surface area contributed by atoms with Crippen molar-refractivity contribution in [3.8, 4) is 0 Å². The van der Waals surface area contributed by atoms with Gasteiger partial charge in [-0.1, -0.05) is 30.3 Å². The maximum Gasteiger partial charge on any atom is 0.245 e. The number of carbonyl (C=O) groups excluding carboxylic acids is 2. The molecule has 0 aliphatic carbocycles. The third-order valence-electron chi connectivity index (χ3n) is 4.07. The molecule has 5 nitrogen and oxygen atoms in total. The van der Waals surface area contributed by atoms with Gasteiger partial charge in [-0.2, -0.15) is 0 Å². The molecule has 2 aliphatic rings. The molecular formula is C15H18N2O3. The number of piperazine rings is 1. The minimum absolute atomic E-state index is 0.00707. The van der Waals surface area contributed by atoms with E-state index in [1.54, 1.807) is 4.90 Å². The zero-order valence-electron chi connectivity index (χ0n) is 11.2. The molecule has 2 fully saturated rings. The Balaban J connectivity index is 1.71. The van der Waals surface area contributed by atoms with Crippen LogP contribution in [0.1, 0.15) is 24.5 Å². The SMILES string of the molecule is O=C1C2CCCN2C(=O)CN1CC(O)c1ccccc1. The molecule has 2 amide bonds. The van der Waals surface area contributed by atoms with Crippen LogP contribution in [0.15, 0.2) is 30.3 Å². The van der Waals surface area contributed by atoms with Crippen molar-refractivity contribution in [1.82, 2.24) is 9.80 Å². The van der Waals surface area contributed by atoms with Crippen molar-refractivity contribution in [3.63, 3.8) is 0 Å². The van der Waals surface area contributed by atoms with E-state index in [2.05, 4.69) is 0 Å². The van der Waals surface area contributed by atoms with Gasteiger partial charge >= 0.3 is 0 Å². The van der Waals surface area contributed by atoms with Crippen molar-refractivity contribution in [2.45, 2.75) is 25.0 Å². The molecule has 2 saturated heterocycles. The molecule has 5 heteroatoms. The highest BCUT2D eigenvalue weighted by atomic mass is 16.3. The molecule has 2 aliphatic heterocycles. The van der Waals surface area contributed by atoms with Gasteiger partial charge in [0.2, 0.25) is 11.8 Å². The average molecular weight is 274 g/mol. The highest BCUT2D eigenvalue weighted by Gasteiger charge is 2.42. The van der Waals surface area contributed by atoms with Gasteiger partial charge in [-0.3, -0.25) is 9.59 Å². The first-order valence-corrected chi connectivity index (χ1v) is 6.98. The second-order valence-electron chi connectivity index (χ2n) is 5.39. The molecule has 1 aromatic carbocycles. The van der Waals surface area contributed by atoms with Crippen LogP contribution >= 0.6 is 0 Å². The summed E-state index contributed by atoms with van der Waals surface area (Å²) in [4.78, 5) is 27.5. The van der Waals surface area contributed by atoms with Crippen molar-refractivity contribution in [2.24, 2.45) is 0 Å². The van der Waals surface area contributed by atoms with Crippen LogP contribution in [0.4, 0.5) is 0 Å². The van der Waals surface area contributed by atoms with Gasteiger partial charge in [0.05, 0.1) is 19.2 Å². The van der Waals surface area contributed by atoms with Crippen molar-refractivity contribution < 1.29 is 14.7 Å². The van der Waals surface area contributed by atoms with Gasteiger partial charge < -0.3 is 14.9 Å². The Morgan fingerprint density at radius 2 is 2.00 bits per heavy atom. The molecule has 106 valence electrons. The van der Waals surface area contributed by atoms with Gasteiger partial charge in [-0.05, 0) is 18.4 Å². The zero-order valence-corrected chi connectivity index (χ0v) is 11.2. The maximum absolute atomic E-state index is 12.3. The number of rotatable bonds is 3. The van der Waals surface area contributed by atoms with E-state index >= 15 is 0 Å². The van der Waals surface area contributed by atoms with Crippen LogP contribution in [0, 0.1) is 0 Å². The Morgan fingerprint density at radius 3 is 2.75 bits per heavy atom. The molecule has 2 heterocycles. The fourth-order valence-electron chi connectivity index (χ4n) is 3.01. The van der Waals surface area contributed by atoms with Crippen LogP contribution in [0.3, 0.4) is 0 Å². The molecule has 0 spiro atoms. The number of hydrogen-bond donors (Lipinski definition) is 1. The molecule has 2 unspecified atom stereocenters. The minimum atomic E-state index is -0.749. The molecule has 0 aromatic heterocycles. The Labute approximate surface area is 117 Å². The number of aliphatic hydroxyl groups excluding tert-OH is 1. The normalized spacial score (nSPS) is 23.9. The van der Waals surface area contributed by atoms with Crippen LogP contribution in [0.25, 0.3) is 0 Å². The van der Waals surface area contributed by atoms with E-state index in [-0.39, 0.29) is 30.9 Å². The summed E-state index contributed by atoms with van der Waals surface area (Å²) >= 11 is 0. The Morgan fingerprint density at radius 1 is 1.25 bits per heavy atom. The number of fused-ring (bicyclic) bond motifs is 1.